The first-order valence-corrected chi connectivity index (χ1v) is 13.4. The standard InChI is InChI=1S/C28H40O9/c1-16(29)35-23-9-7-19-6-8-20-21-11-14-27(34,15-12-24(32)33)25(21,4)13-10-22(20)26(19,5)28(23,36-17(2)30)37-18(3)31/h6,20-23,34H,7-15H2,1-5H3,(H,32,33)/t20-,21-,22-,23?,25-,26-,27+/m0/s1. The van der Waals surface area contributed by atoms with Crippen molar-refractivity contribution in [2.75, 3.05) is 0 Å². The van der Waals surface area contributed by atoms with Crippen LogP contribution >= 0.6 is 0 Å². The van der Waals surface area contributed by atoms with Crippen LogP contribution in [0.15, 0.2) is 11.6 Å². The predicted octanol–water partition coefficient (Wildman–Crippen LogP) is 3.91. The van der Waals surface area contributed by atoms with Gasteiger partial charge in [-0.2, -0.15) is 0 Å². The van der Waals surface area contributed by atoms with Crippen molar-refractivity contribution in [1.29, 1.82) is 0 Å². The summed E-state index contributed by atoms with van der Waals surface area (Å²) < 4.78 is 17.6. The van der Waals surface area contributed by atoms with Crippen LogP contribution < -0.4 is 0 Å². The number of hydrogen-bond donors (Lipinski definition) is 2. The van der Waals surface area contributed by atoms with Crippen LogP contribution in [0.3, 0.4) is 0 Å². The fraction of sp³-hybridized carbons (Fsp3) is 0.786. The number of ether oxygens (including phenoxy) is 3. The summed E-state index contributed by atoms with van der Waals surface area (Å²) in [6, 6.07) is 0. The van der Waals surface area contributed by atoms with Gasteiger partial charge in [0.25, 0.3) is 0 Å². The fourth-order valence-electron chi connectivity index (χ4n) is 8.68. The van der Waals surface area contributed by atoms with Gasteiger partial charge in [-0.3, -0.25) is 19.2 Å². The molecule has 0 aromatic heterocycles. The molecule has 1 unspecified atom stereocenters. The van der Waals surface area contributed by atoms with Gasteiger partial charge in [0.1, 0.15) is 0 Å². The smallest absolute Gasteiger partial charge is 0.306 e. The number of carboxylic acids is 1. The van der Waals surface area contributed by atoms with Gasteiger partial charge in [0.15, 0.2) is 6.10 Å². The summed E-state index contributed by atoms with van der Waals surface area (Å²) in [4.78, 5) is 48.4. The first kappa shape index (κ1) is 27.6. The van der Waals surface area contributed by atoms with Gasteiger partial charge in [-0.05, 0) is 81.5 Å². The molecule has 2 N–H and O–H groups in total. The Morgan fingerprint density at radius 3 is 2.14 bits per heavy atom. The molecule has 0 saturated heterocycles. The molecule has 9 nitrogen and oxygen atoms in total. The van der Waals surface area contributed by atoms with Crippen LogP contribution in [0, 0.1) is 28.6 Å². The number of carboxylic acid groups (broad SMARTS) is 1. The molecule has 0 aromatic carbocycles. The lowest BCUT2D eigenvalue weighted by Crippen LogP contribution is -2.69. The summed E-state index contributed by atoms with van der Waals surface area (Å²) in [6.07, 6.45) is 5.70. The third-order valence-electron chi connectivity index (χ3n) is 10.3. The number of hydrogen-bond acceptors (Lipinski definition) is 8. The zero-order valence-electron chi connectivity index (χ0n) is 22.5. The van der Waals surface area contributed by atoms with Crippen molar-refractivity contribution >= 4 is 23.9 Å². The summed E-state index contributed by atoms with van der Waals surface area (Å²) in [5.41, 5.74) is -1.43. The van der Waals surface area contributed by atoms with Crippen molar-refractivity contribution in [3.63, 3.8) is 0 Å². The van der Waals surface area contributed by atoms with Crippen molar-refractivity contribution in [1.82, 2.24) is 0 Å². The molecule has 4 aliphatic carbocycles. The lowest BCUT2D eigenvalue weighted by Gasteiger charge is -2.63. The van der Waals surface area contributed by atoms with E-state index in [1.54, 1.807) is 0 Å². The van der Waals surface area contributed by atoms with Gasteiger partial charge in [-0.1, -0.05) is 18.6 Å². The zero-order valence-corrected chi connectivity index (χ0v) is 22.5. The molecular weight excluding hydrogens is 480 g/mol. The highest BCUT2D eigenvalue weighted by atomic mass is 16.8. The number of esters is 3. The third kappa shape index (κ3) is 4.17. The van der Waals surface area contributed by atoms with Crippen molar-refractivity contribution in [3.8, 4) is 0 Å². The third-order valence-corrected chi connectivity index (χ3v) is 10.3. The van der Waals surface area contributed by atoms with Crippen LogP contribution in [-0.4, -0.2) is 51.6 Å². The molecule has 0 radical (unpaired) electrons. The second-order valence-corrected chi connectivity index (χ2v) is 12.0. The minimum absolute atomic E-state index is 0.0653. The molecule has 4 rings (SSSR count). The summed E-state index contributed by atoms with van der Waals surface area (Å²) in [5.74, 6) is -4.40. The number of aliphatic hydroxyl groups is 1. The Morgan fingerprint density at radius 2 is 1.57 bits per heavy atom. The van der Waals surface area contributed by atoms with E-state index in [1.807, 2.05) is 6.92 Å². The fourth-order valence-corrected chi connectivity index (χ4v) is 8.68. The van der Waals surface area contributed by atoms with E-state index >= 15 is 0 Å². The highest BCUT2D eigenvalue weighted by Crippen LogP contribution is 2.70. The maximum atomic E-state index is 12.5. The quantitative estimate of drug-likeness (QED) is 0.303. The number of rotatable bonds is 6. The van der Waals surface area contributed by atoms with Crippen molar-refractivity contribution < 1.29 is 43.6 Å². The summed E-state index contributed by atoms with van der Waals surface area (Å²) in [6.45, 7) is 7.85. The maximum Gasteiger partial charge on any atom is 0.306 e. The molecule has 206 valence electrons. The van der Waals surface area contributed by atoms with Gasteiger partial charge in [0.2, 0.25) is 0 Å². The van der Waals surface area contributed by atoms with E-state index in [1.165, 1.54) is 20.8 Å². The molecule has 0 amide bonds. The Hall–Kier alpha value is -2.42. The molecule has 0 heterocycles. The highest BCUT2D eigenvalue weighted by Gasteiger charge is 2.72. The Bertz CT molecular complexity index is 1000. The SMILES string of the molecule is CC(=O)OC1CCC2=CC[C@@H]3[C@H](CC[C@@]4(C)[C@H]3CC[C@@]4(O)CCC(=O)O)[C@@]2(C)C1(OC(C)=O)OC(C)=O. The summed E-state index contributed by atoms with van der Waals surface area (Å²) in [7, 11) is 0. The van der Waals surface area contributed by atoms with Crippen LogP contribution in [0.4, 0.5) is 0 Å². The van der Waals surface area contributed by atoms with Crippen LogP contribution in [0.1, 0.15) is 92.4 Å². The Kier molecular flexibility index (Phi) is 7.01. The zero-order chi connectivity index (χ0) is 27.4. The number of allylic oxidation sites excluding steroid dienone is 1. The second kappa shape index (κ2) is 9.40. The van der Waals surface area contributed by atoms with Crippen molar-refractivity contribution in [2.24, 2.45) is 28.6 Å². The molecule has 7 atom stereocenters. The van der Waals surface area contributed by atoms with E-state index in [9.17, 15) is 29.4 Å². The lowest BCUT2D eigenvalue weighted by atomic mass is 9.45. The maximum absolute atomic E-state index is 12.5. The predicted molar refractivity (Wildman–Crippen MR) is 131 cm³/mol. The summed E-state index contributed by atoms with van der Waals surface area (Å²) >= 11 is 0. The number of carbonyl (C=O) groups excluding carboxylic acids is 3. The van der Waals surface area contributed by atoms with E-state index < -0.39 is 52.2 Å². The van der Waals surface area contributed by atoms with Crippen LogP contribution in [0.5, 0.6) is 0 Å². The largest absolute Gasteiger partial charge is 0.481 e. The van der Waals surface area contributed by atoms with E-state index in [-0.39, 0.29) is 30.6 Å². The first-order valence-electron chi connectivity index (χ1n) is 13.4. The van der Waals surface area contributed by atoms with Gasteiger partial charge >= 0.3 is 29.7 Å². The van der Waals surface area contributed by atoms with Crippen LogP contribution in [0.2, 0.25) is 0 Å². The molecule has 0 spiro atoms. The molecule has 4 aliphatic rings. The Morgan fingerprint density at radius 1 is 0.946 bits per heavy atom. The Labute approximate surface area is 217 Å². The monoisotopic (exact) mass is 520 g/mol. The molecule has 3 fully saturated rings. The van der Waals surface area contributed by atoms with Crippen LogP contribution in [0.25, 0.3) is 0 Å². The first-order chi connectivity index (χ1) is 17.2. The van der Waals surface area contributed by atoms with Gasteiger partial charge in [-0.15, -0.1) is 0 Å². The lowest BCUT2D eigenvalue weighted by molar-refractivity contribution is -0.324. The number of aliphatic carboxylic acids is 1. The van der Waals surface area contributed by atoms with E-state index in [4.69, 9.17) is 14.2 Å². The van der Waals surface area contributed by atoms with E-state index in [2.05, 4.69) is 13.0 Å². The average molecular weight is 521 g/mol. The molecule has 0 bridgehead atoms. The minimum atomic E-state index is -1.81. The molecule has 9 heteroatoms. The Balaban J connectivity index is 1.80. The highest BCUT2D eigenvalue weighted by molar-refractivity contribution is 5.70. The number of carbonyl (C=O) groups is 4. The minimum Gasteiger partial charge on any atom is -0.481 e. The van der Waals surface area contributed by atoms with Crippen LogP contribution in [-0.2, 0) is 33.4 Å². The molecular formula is C28H40O9. The summed E-state index contributed by atoms with van der Waals surface area (Å²) in [5, 5.41) is 21.0. The topological polar surface area (TPSA) is 136 Å². The van der Waals surface area contributed by atoms with E-state index in [0.717, 1.165) is 18.4 Å². The molecule has 3 saturated carbocycles. The second-order valence-electron chi connectivity index (χ2n) is 12.0. The average Bonchev–Trinajstić information content (AvgIpc) is 3.05. The van der Waals surface area contributed by atoms with Gasteiger partial charge in [0, 0.05) is 27.2 Å². The number of fused-ring (bicyclic) bond motifs is 5. The normalized spacial score (nSPS) is 39.8. The van der Waals surface area contributed by atoms with Crippen molar-refractivity contribution in [3.05, 3.63) is 11.6 Å². The van der Waals surface area contributed by atoms with Gasteiger partial charge in [0.05, 0.1) is 11.0 Å². The molecule has 0 aromatic rings. The van der Waals surface area contributed by atoms with Gasteiger partial charge < -0.3 is 24.4 Å². The molecule has 37 heavy (non-hydrogen) atoms. The van der Waals surface area contributed by atoms with Gasteiger partial charge in [-0.25, -0.2) is 0 Å². The molecule has 0 aliphatic heterocycles. The van der Waals surface area contributed by atoms with Crippen molar-refractivity contribution in [2.45, 2.75) is 110 Å². The van der Waals surface area contributed by atoms with E-state index in [0.29, 0.717) is 32.1 Å².